The van der Waals surface area contributed by atoms with Crippen LogP contribution >= 0.6 is 12.6 Å². The van der Waals surface area contributed by atoms with E-state index in [0.717, 1.165) is 23.7 Å². The second-order valence-electron chi connectivity index (χ2n) is 8.22. The summed E-state index contributed by atoms with van der Waals surface area (Å²) in [4.78, 5) is 0. The van der Waals surface area contributed by atoms with E-state index in [1.165, 1.54) is 83.5 Å². The molecule has 0 amide bonds. The summed E-state index contributed by atoms with van der Waals surface area (Å²) in [5.74, 6) is 3.85. The third-order valence-electron chi connectivity index (χ3n) is 6.39. The molecule has 0 bridgehead atoms. The van der Waals surface area contributed by atoms with Gasteiger partial charge in [0.25, 0.3) is 0 Å². The van der Waals surface area contributed by atoms with Gasteiger partial charge in [-0.05, 0) is 49.4 Å². The van der Waals surface area contributed by atoms with E-state index in [2.05, 4.69) is 13.8 Å². The SMILES string of the molecule is CC1CCC2CCCCCCCCC2CCC(C(C)S)C1. The molecule has 21 heavy (non-hydrogen) atoms. The molecule has 0 aromatic rings. The Hall–Kier alpha value is 0.350. The van der Waals surface area contributed by atoms with Crippen molar-refractivity contribution in [3.63, 3.8) is 0 Å². The van der Waals surface area contributed by atoms with Gasteiger partial charge in [-0.1, -0.05) is 71.6 Å². The summed E-state index contributed by atoms with van der Waals surface area (Å²) in [7, 11) is 0. The van der Waals surface area contributed by atoms with E-state index in [-0.39, 0.29) is 0 Å². The molecule has 0 radical (unpaired) electrons. The molecule has 0 heterocycles. The Morgan fingerprint density at radius 1 is 0.714 bits per heavy atom. The van der Waals surface area contributed by atoms with Gasteiger partial charge in [-0.3, -0.25) is 0 Å². The van der Waals surface area contributed by atoms with Gasteiger partial charge in [0.05, 0.1) is 0 Å². The summed E-state index contributed by atoms with van der Waals surface area (Å²) in [5, 5.41) is 0.587. The summed E-state index contributed by atoms with van der Waals surface area (Å²) in [5.41, 5.74) is 0. The lowest BCUT2D eigenvalue weighted by molar-refractivity contribution is 0.232. The predicted molar refractivity (Wildman–Crippen MR) is 98.1 cm³/mol. The molecule has 124 valence electrons. The number of thiol groups is 1. The second-order valence-corrected chi connectivity index (χ2v) is 9.03. The first kappa shape index (κ1) is 17.7. The smallest absolute Gasteiger partial charge is 0.00168 e. The minimum absolute atomic E-state index is 0.587. The minimum Gasteiger partial charge on any atom is -0.176 e. The Balaban J connectivity index is 2.00. The Bertz CT molecular complexity index is 273. The Morgan fingerprint density at radius 2 is 1.24 bits per heavy atom. The van der Waals surface area contributed by atoms with Gasteiger partial charge in [0.15, 0.2) is 0 Å². The molecule has 2 aliphatic carbocycles. The maximum absolute atomic E-state index is 4.79. The molecule has 2 fully saturated rings. The molecule has 0 saturated heterocycles. The van der Waals surface area contributed by atoms with E-state index >= 15 is 0 Å². The Labute approximate surface area is 139 Å². The zero-order valence-corrected chi connectivity index (χ0v) is 15.4. The van der Waals surface area contributed by atoms with Crippen LogP contribution in [0.1, 0.15) is 97.3 Å². The lowest BCUT2D eigenvalue weighted by atomic mass is 9.77. The van der Waals surface area contributed by atoms with Crippen molar-refractivity contribution in [1.82, 2.24) is 0 Å². The van der Waals surface area contributed by atoms with Crippen LogP contribution < -0.4 is 0 Å². The van der Waals surface area contributed by atoms with Crippen LogP contribution in [0.2, 0.25) is 0 Å². The third kappa shape index (κ3) is 6.16. The quantitative estimate of drug-likeness (QED) is 0.501. The van der Waals surface area contributed by atoms with Crippen LogP contribution in [0.15, 0.2) is 0 Å². The highest BCUT2D eigenvalue weighted by Gasteiger charge is 2.27. The normalized spacial score (nSPS) is 38.4. The summed E-state index contributed by atoms with van der Waals surface area (Å²) in [6, 6.07) is 0. The first-order valence-electron chi connectivity index (χ1n) is 9.85. The fourth-order valence-corrected chi connectivity index (χ4v) is 5.14. The van der Waals surface area contributed by atoms with Crippen molar-refractivity contribution in [2.45, 2.75) is 103 Å². The molecule has 5 atom stereocenters. The summed E-state index contributed by atoms with van der Waals surface area (Å²) in [6.07, 6.45) is 19.4. The summed E-state index contributed by atoms with van der Waals surface area (Å²) < 4.78 is 0. The van der Waals surface area contributed by atoms with E-state index in [0.29, 0.717) is 5.25 Å². The predicted octanol–water partition coefficient (Wildman–Crippen LogP) is 6.89. The number of hydrogen-bond acceptors (Lipinski definition) is 1. The van der Waals surface area contributed by atoms with Gasteiger partial charge >= 0.3 is 0 Å². The molecule has 0 N–H and O–H groups in total. The minimum atomic E-state index is 0.587. The first-order valence-corrected chi connectivity index (χ1v) is 10.4. The zero-order valence-electron chi connectivity index (χ0n) is 14.5. The fraction of sp³-hybridized carbons (Fsp3) is 1.00. The van der Waals surface area contributed by atoms with E-state index in [1.807, 2.05) is 0 Å². The van der Waals surface area contributed by atoms with Gasteiger partial charge in [0.1, 0.15) is 0 Å². The van der Waals surface area contributed by atoms with Crippen LogP contribution in [0.25, 0.3) is 0 Å². The Morgan fingerprint density at radius 3 is 1.81 bits per heavy atom. The molecule has 0 aromatic heterocycles. The van der Waals surface area contributed by atoms with Crippen LogP contribution in [-0.2, 0) is 0 Å². The molecular weight excluding hydrogens is 272 g/mol. The van der Waals surface area contributed by atoms with Crippen LogP contribution in [0.4, 0.5) is 0 Å². The topological polar surface area (TPSA) is 0 Å². The molecule has 2 aliphatic rings. The van der Waals surface area contributed by atoms with Crippen molar-refractivity contribution in [3.8, 4) is 0 Å². The van der Waals surface area contributed by atoms with E-state index in [9.17, 15) is 0 Å². The van der Waals surface area contributed by atoms with Gasteiger partial charge in [-0.25, -0.2) is 0 Å². The molecule has 1 heteroatoms. The van der Waals surface area contributed by atoms with Crippen molar-refractivity contribution >= 4 is 12.6 Å². The lowest BCUT2D eigenvalue weighted by Crippen LogP contribution is -2.18. The fourth-order valence-electron chi connectivity index (χ4n) is 4.87. The van der Waals surface area contributed by atoms with Crippen LogP contribution in [0.5, 0.6) is 0 Å². The van der Waals surface area contributed by atoms with Crippen LogP contribution in [0.3, 0.4) is 0 Å². The largest absolute Gasteiger partial charge is 0.176 e. The van der Waals surface area contributed by atoms with E-state index < -0.39 is 0 Å². The molecule has 0 spiro atoms. The van der Waals surface area contributed by atoms with Crippen molar-refractivity contribution in [2.24, 2.45) is 23.7 Å². The average Bonchev–Trinajstić information content (AvgIpc) is 2.53. The standard InChI is InChI=1S/C20H38S/c1-16-11-12-18-9-7-5-3-4-6-8-10-19(18)13-14-20(15-16)17(2)21/h16-21H,3-15H2,1-2H3. The molecule has 5 unspecified atom stereocenters. The molecule has 0 aliphatic heterocycles. The molecule has 2 rings (SSSR count). The summed E-state index contributed by atoms with van der Waals surface area (Å²) >= 11 is 4.79. The zero-order chi connectivity index (χ0) is 15.1. The van der Waals surface area contributed by atoms with Gasteiger partial charge in [-0.15, -0.1) is 0 Å². The van der Waals surface area contributed by atoms with Crippen molar-refractivity contribution in [3.05, 3.63) is 0 Å². The molecule has 2 saturated carbocycles. The lowest BCUT2D eigenvalue weighted by Gasteiger charge is -2.29. The van der Waals surface area contributed by atoms with Crippen molar-refractivity contribution in [2.75, 3.05) is 0 Å². The highest BCUT2D eigenvalue weighted by atomic mass is 32.1. The van der Waals surface area contributed by atoms with Crippen molar-refractivity contribution < 1.29 is 0 Å². The third-order valence-corrected chi connectivity index (χ3v) is 6.81. The number of rotatable bonds is 1. The van der Waals surface area contributed by atoms with Gasteiger partial charge < -0.3 is 0 Å². The first-order chi connectivity index (χ1) is 10.2. The maximum Gasteiger partial charge on any atom is 0.00168 e. The second kappa shape index (κ2) is 9.48. The van der Waals surface area contributed by atoms with Crippen LogP contribution in [-0.4, -0.2) is 5.25 Å². The maximum atomic E-state index is 4.79. The highest BCUT2D eigenvalue weighted by molar-refractivity contribution is 7.80. The number of fused-ring (bicyclic) bond motifs is 1. The van der Waals surface area contributed by atoms with E-state index in [1.54, 1.807) is 0 Å². The molecule has 0 nitrogen and oxygen atoms in total. The highest BCUT2D eigenvalue weighted by Crippen LogP contribution is 2.39. The Kier molecular flexibility index (Phi) is 7.99. The number of hydrogen-bond donors (Lipinski definition) is 1. The molecular formula is C20H38S. The van der Waals surface area contributed by atoms with Gasteiger partial charge in [-0.2, -0.15) is 12.6 Å². The van der Waals surface area contributed by atoms with Gasteiger partial charge in [0, 0.05) is 5.25 Å². The summed E-state index contributed by atoms with van der Waals surface area (Å²) in [6.45, 7) is 4.81. The monoisotopic (exact) mass is 310 g/mol. The van der Waals surface area contributed by atoms with Crippen molar-refractivity contribution in [1.29, 1.82) is 0 Å². The average molecular weight is 311 g/mol. The van der Waals surface area contributed by atoms with Crippen LogP contribution in [0, 0.1) is 23.7 Å². The van der Waals surface area contributed by atoms with E-state index in [4.69, 9.17) is 12.6 Å². The van der Waals surface area contributed by atoms with Gasteiger partial charge in [0.2, 0.25) is 0 Å². The molecule has 0 aromatic carbocycles.